The summed E-state index contributed by atoms with van der Waals surface area (Å²) in [4.78, 5) is 20.0. The van der Waals surface area contributed by atoms with Crippen LogP contribution in [0.4, 0.5) is 15.9 Å². The number of aryl methyl sites for hydroxylation is 2. The number of aromatic nitrogens is 1. The van der Waals surface area contributed by atoms with E-state index < -0.39 is 21.8 Å². The molecule has 1 N–H and O–H groups in total. The highest BCUT2D eigenvalue weighted by atomic mass is 32.2. The van der Waals surface area contributed by atoms with Gasteiger partial charge in [0.15, 0.2) is 0 Å². The Hall–Kier alpha value is -2.48. The second-order valence-electron chi connectivity index (χ2n) is 8.91. The van der Waals surface area contributed by atoms with Crippen molar-refractivity contribution in [1.29, 1.82) is 0 Å². The highest BCUT2D eigenvalue weighted by Gasteiger charge is 2.22. The molecule has 174 valence electrons. The number of hydrogen-bond donors (Lipinski definition) is 1. The van der Waals surface area contributed by atoms with Gasteiger partial charge in [0.05, 0.1) is 11.9 Å². The van der Waals surface area contributed by atoms with Crippen molar-refractivity contribution in [3.63, 3.8) is 0 Å². The van der Waals surface area contributed by atoms with E-state index in [1.165, 1.54) is 12.1 Å². The van der Waals surface area contributed by atoms with Crippen LogP contribution in [-0.4, -0.2) is 38.5 Å². The molecule has 0 spiro atoms. The molecule has 2 heterocycles. The molecule has 2 aromatic rings. The number of rotatable bonds is 8. The van der Waals surface area contributed by atoms with Gasteiger partial charge < -0.3 is 4.90 Å². The van der Waals surface area contributed by atoms with Gasteiger partial charge in [0.2, 0.25) is 10.0 Å². The van der Waals surface area contributed by atoms with Gasteiger partial charge in [0.25, 0.3) is 0 Å². The lowest BCUT2D eigenvalue weighted by Gasteiger charge is -2.32. The summed E-state index contributed by atoms with van der Waals surface area (Å²) < 4.78 is 39.1. The summed E-state index contributed by atoms with van der Waals surface area (Å²) in [7, 11) is -3.57. The van der Waals surface area contributed by atoms with Gasteiger partial charge in [-0.15, -0.1) is 0 Å². The fraction of sp³-hybridized carbons (Fsp3) is 0.500. The number of piperidine rings is 1. The molecule has 8 heteroatoms. The molecule has 1 aliphatic heterocycles. The number of nitrogens with zero attached hydrogens (tertiary/aromatic N) is 2. The van der Waals surface area contributed by atoms with Crippen LogP contribution in [0, 0.1) is 18.7 Å². The molecule has 1 fully saturated rings. The molecule has 6 nitrogen and oxygen atoms in total. The number of ketones is 1. The molecule has 0 bridgehead atoms. The Morgan fingerprint density at radius 1 is 1.25 bits per heavy atom. The molecule has 1 aromatic heterocycles. The summed E-state index contributed by atoms with van der Waals surface area (Å²) in [5.74, 6) is 0.513. The number of carbonyl (C=O) groups is 1. The van der Waals surface area contributed by atoms with E-state index in [0.29, 0.717) is 18.4 Å². The van der Waals surface area contributed by atoms with Crippen LogP contribution >= 0.6 is 0 Å². The van der Waals surface area contributed by atoms with Gasteiger partial charge in [-0.1, -0.05) is 26.0 Å². The van der Waals surface area contributed by atoms with Crippen LogP contribution < -0.4 is 9.62 Å². The predicted molar refractivity (Wildman–Crippen MR) is 126 cm³/mol. The van der Waals surface area contributed by atoms with E-state index in [-0.39, 0.29) is 11.5 Å². The number of sulfonamides is 1. The summed E-state index contributed by atoms with van der Waals surface area (Å²) in [5, 5.41) is 0. The molecule has 0 amide bonds. The molecule has 1 unspecified atom stereocenters. The van der Waals surface area contributed by atoms with Gasteiger partial charge in [-0.05, 0) is 61.4 Å². The van der Waals surface area contributed by atoms with Crippen LogP contribution in [0.2, 0.25) is 0 Å². The third-order valence-electron chi connectivity index (χ3n) is 6.09. The largest absolute Gasteiger partial charge is 0.356 e. The van der Waals surface area contributed by atoms with Crippen LogP contribution in [0.1, 0.15) is 55.8 Å². The number of pyridine rings is 1. The minimum atomic E-state index is -3.57. The zero-order valence-electron chi connectivity index (χ0n) is 19.2. The molecule has 0 aliphatic carbocycles. The normalized spacial score (nSPS) is 16.1. The predicted octanol–water partition coefficient (Wildman–Crippen LogP) is 4.44. The van der Waals surface area contributed by atoms with E-state index >= 15 is 0 Å². The van der Waals surface area contributed by atoms with Crippen molar-refractivity contribution in [1.82, 2.24) is 4.98 Å². The smallest absolute Gasteiger partial charge is 0.229 e. The van der Waals surface area contributed by atoms with E-state index in [2.05, 4.69) is 22.6 Å². The topological polar surface area (TPSA) is 79.4 Å². The van der Waals surface area contributed by atoms with E-state index in [4.69, 9.17) is 4.98 Å². The first-order chi connectivity index (χ1) is 15.0. The van der Waals surface area contributed by atoms with Gasteiger partial charge in [0.1, 0.15) is 17.4 Å². The van der Waals surface area contributed by atoms with E-state index in [1.54, 1.807) is 13.0 Å². The maximum absolute atomic E-state index is 14.3. The van der Waals surface area contributed by atoms with Crippen molar-refractivity contribution in [3.05, 3.63) is 53.0 Å². The van der Waals surface area contributed by atoms with Crippen molar-refractivity contribution in [3.8, 4) is 0 Å². The SMILES string of the molecule is Cc1ccc(CCC(=O)C(C)c2ccc(NS(C)(=O)=O)c(F)c2)c(N2CCC(C)CC2)n1. The van der Waals surface area contributed by atoms with Crippen molar-refractivity contribution < 1.29 is 17.6 Å². The van der Waals surface area contributed by atoms with Gasteiger partial charge in [-0.2, -0.15) is 0 Å². The van der Waals surface area contributed by atoms with Crippen LogP contribution in [-0.2, 0) is 21.2 Å². The molecule has 0 radical (unpaired) electrons. The first-order valence-electron chi connectivity index (χ1n) is 11.0. The molecular formula is C24H32FN3O3S. The lowest BCUT2D eigenvalue weighted by atomic mass is 9.92. The van der Waals surface area contributed by atoms with Crippen LogP contribution in [0.5, 0.6) is 0 Å². The van der Waals surface area contributed by atoms with Gasteiger partial charge in [-0.25, -0.2) is 17.8 Å². The number of nitrogens with one attached hydrogen (secondary N) is 1. The monoisotopic (exact) mass is 461 g/mol. The van der Waals surface area contributed by atoms with Crippen LogP contribution in [0.25, 0.3) is 0 Å². The van der Waals surface area contributed by atoms with Crippen molar-refractivity contribution >= 4 is 27.3 Å². The first kappa shape index (κ1) is 24.2. The Morgan fingerprint density at radius 3 is 2.56 bits per heavy atom. The fourth-order valence-electron chi connectivity index (χ4n) is 4.00. The summed E-state index contributed by atoms with van der Waals surface area (Å²) >= 11 is 0. The lowest BCUT2D eigenvalue weighted by molar-refractivity contribution is -0.120. The molecule has 1 saturated heterocycles. The van der Waals surface area contributed by atoms with Crippen LogP contribution in [0.15, 0.2) is 30.3 Å². The van der Waals surface area contributed by atoms with Gasteiger partial charge in [0, 0.05) is 31.1 Å². The molecule has 0 saturated carbocycles. The average molecular weight is 462 g/mol. The standard InChI is InChI=1S/C24H32FN3O3S/c1-16-11-13-28(14-12-16)24-19(6-5-17(2)26-24)8-10-23(29)18(3)20-7-9-22(21(25)15-20)27-32(4,30)31/h5-7,9,15-16,18,27H,8,10-14H2,1-4H3. The molecule has 1 atom stereocenters. The third-order valence-corrected chi connectivity index (χ3v) is 6.68. The second kappa shape index (κ2) is 9.98. The number of carbonyl (C=O) groups excluding carboxylic acids is 1. The van der Waals surface area contributed by atoms with Crippen molar-refractivity contribution in [2.75, 3.05) is 29.0 Å². The average Bonchev–Trinajstić information content (AvgIpc) is 2.73. The summed E-state index contributed by atoms with van der Waals surface area (Å²) in [6.07, 6.45) is 4.15. The number of halogens is 1. The Labute approximate surface area is 190 Å². The Balaban J connectivity index is 1.69. The Kier molecular flexibility index (Phi) is 7.54. The summed E-state index contributed by atoms with van der Waals surface area (Å²) in [6.45, 7) is 7.95. The summed E-state index contributed by atoms with van der Waals surface area (Å²) in [6, 6.07) is 8.20. The quantitative estimate of drug-likeness (QED) is 0.629. The Bertz CT molecular complexity index is 1080. The number of anilines is 2. The van der Waals surface area contributed by atoms with Crippen LogP contribution in [0.3, 0.4) is 0 Å². The Morgan fingerprint density at radius 2 is 1.94 bits per heavy atom. The molecule has 3 rings (SSSR count). The zero-order valence-corrected chi connectivity index (χ0v) is 20.0. The number of benzene rings is 1. The maximum Gasteiger partial charge on any atom is 0.229 e. The number of Topliss-reactive ketones (excluding diaryl/α,β-unsaturated/α-hetero) is 1. The highest BCUT2D eigenvalue weighted by molar-refractivity contribution is 7.92. The van der Waals surface area contributed by atoms with E-state index in [1.807, 2.05) is 13.0 Å². The summed E-state index contributed by atoms with van der Waals surface area (Å²) in [5.41, 5.74) is 2.42. The lowest BCUT2D eigenvalue weighted by Crippen LogP contribution is -2.34. The van der Waals surface area contributed by atoms with E-state index in [9.17, 15) is 17.6 Å². The molecule has 1 aromatic carbocycles. The van der Waals surface area contributed by atoms with Crippen molar-refractivity contribution in [2.24, 2.45) is 5.92 Å². The van der Waals surface area contributed by atoms with Gasteiger partial charge >= 0.3 is 0 Å². The number of hydrogen-bond acceptors (Lipinski definition) is 5. The maximum atomic E-state index is 14.3. The minimum absolute atomic E-state index is 0.00649. The molecule has 32 heavy (non-hydrogen) atoms. The fourth-order valence-corrected chi connectivity index (χ4v) is 4.57. The zero-order chi connectivity index (χ0) is 23.5. The first-order valence-corrected chi connectivity index (χ1v) is 12.9. The third kappa shape index (κ3) is 6.28. The van der Waals surface area contributed by atoms with E-state index in [0.717, 1.165) is 55.2 Å². The minimum Gasteiger partial charge on any atom is -0.356 e. The second-order valence-corrected chi connectivity index (χ2v) is 10.7. The molecular weight excluding hydrogens is 429 g/mol. The van der Waals surface area contributed by atoms with Gasteiger partial charge in [-0.3, -0.25) is 9.52 Å². The van der Waals surface area contributed by atoms with Crippen molar-refractivity contribution in [2.45, 2.75) is 52.4 Å². The molecule has 1 aliphatic rings. The highest BCUT2D eigenvalue weighted by Crippen LogP contribution is 2.28.